The summed E-state index contributed by atoms with van der Waals surface area (Å²) in [6.07, 6.45) is 3.21. The average molecular weight is 261 g/mol. The summed E-state index contributed by atoms with van der Waals surface area (Å²) >= 11 is 0. The van der Waals surface area contributed by atoms with Crippen LogP contribution in [0.15, 0.2) is 24.3 Å². The highest BCUT2D eigenvalue weighted by Gasteiger charge is 2.29. The van der Waals surface area contributed by atoms with Crippen LogP contribution in [0.4, 0.5) is 0 Å². The summed E-state index contributed by atoms with van der Waals surface area (Å²) in [4.78, 5) is 14.3. The molecule has 0 aromatic heterocycles. The van der Waals surface area contributed by atoms with E-state index in [2.05, 4.69) is 36.1 Å². The van der Waals surface area contributed by atoms with E-state index in [4.69, 9.17) is 4.74 Å². The number of ether oxygens (including phenoxy) is 1. The van der Waals surface area contributed by atoms with Crippen LogP contribution in [0.5, 0.6) is 0 Å². The van der Waals surface area contributed by atoms with Crippen LogP contribution in [-0.4, -0.2) is 30.1 Å². The van der Waals surface area contributed by atoms with Gasteiger partial charge in [-0.1, -0.05) is 36.2 Å². The van der Waals surface area contributed by atoms with Gasteiger partial charge in [0.1, 0.15) is 6.04 Å². The lowest BCUT2D eigenvalue weighted by Crippen LogP contribution is -2.44. The second kappa shape index (κ2) is 6.71. The molecule has 0 amide bonds. The van der Waals surface area contributed by atoms with Crippen molar-refractivity contribution in [3.05, 3.63) is 35.4 Å². The largest absolute Gasteiger partial charge is 0.465 e. The van der Waals surface area contributed by atoms with Gasteiger partial charge >= 0.3 is 5.97 Å². The van der Waals surface area contributed by atoms with E-state index in [9.17, 15) is 4.79 Å². The zero-order valence-corrected chi connectivity index (χ0v) is 11.9. The number of hydrogen-bond acceptors (Lipinski definition) is 3. The summed E-state index contributed by atoms with van der Waals surface area (Å²) in [6.45, 7) is 6.25. The molecule has 0 radical (unpaired) electrons. The Morgan fingerprint density at radius 3 is 3.00 bits per heavy atom. The molecule has 1 aliphatic heterocycles. The van der Waals surface area contributed by atoms with Crippen molar-refractivity contribution in [1.82, 2.24) is 4.90 Å². The number of aryl methyl sites for hydroxylation is 1. The molecule has 0 aliphatic carbocycles. The number of carbonyl (C=O) groups is 1. The zero-order chi connectivity index (χ0) is 13.7. The molecule has 0 unspecified atom stereocenters. The first kappa shape index (κ1) is 14.1. The second-order valence-corrected chi connectivity index (χ2v) is 5.22. The van der Waals surface area contributed by atoms with Gasteiger partial charge in [0.2, 0.25) is 0 Å². The summed E-state index contributed by atoms with van der Waals surface area (Å²) < 4.78 is 5.19. The van der Waals surface area contributed by atoms with Gasteiger partial charge in [0.25, 0.3) is 0 Å². The minimum absolute atomic E-state index is 0.0603. The molecule has 1 atom stereocenters. The van der Waals surface area contributed by atoms with Gasteiger partial charge in [0.05, 0.1) is 6.61 Å². The van der Waals surface area contributed by atoms with Crippen molar-refractivity contribution < 1.29 is 9.53 Å². The number of piperidine rings is 1. The smallest absolute Gasteiger partial charge is 0.323 e. The van der Waals surface area contributed by atoms with E-state index in [0.29, 0.717) is 6.61 Å². The van der Waals surface area contributed by atoms with Crippen molar-refractivity contribution in [3.63, 3.8) is 0 Å². The molecule has 2 rings (SSSR count). The molecule has 1 heterocycles. The molecule has 1 fully saturated rings. The van der Waals surface area contributed by atoms with Crippen LogP contribution in [-0.2, 0) is 16.1 Å². The predicted molar refractivity (Wildman–Crippen MR) is 75.9 cm³/mol. The van der Waals surface area contributed by atoms with E-state index in [-0.39, 0.29) is 12.0 Å². The number of hydrogen-bond donors (Lipinski definition) is 0. The van der Waals surface area contributed by atoms with Gasteiger partial charge in [-0.2, -0.15) is 0 Å². The van der Waals surface area contributed by atoms with Crippen LogP contribution >= 0.6 is 0 Å². The Bertz CT molecular complexity index is 431. The lowest BCUT2D eigenvalue weighted by Gasteiger charge is -2.34. The van der Waals surface area contributed by atoms with Crippen LogP contribution in [0, 0.1) is 6.92 Å². The number of nitrogens with zero attached hydrogens (tertiary/aromatic N) is 1. The van der Waals surface area contributed by atoms with Gasteiger partial charge in [0, 0.05) is 6.54 Å². The maximum atomic E-state index is 12.0. The third-order valence-corrected chi connectivity index (χ3v) is 3.64. The fourth-order valence-electron chi connectivity index (χ4n) is 2.73. The molecule has 0 bridgehead atoms. The lowest BCUT2D eigenvalue weighted by atomic mass is 10.0. The van der Waals surface area contributed by atoms with Gasteiger partial charge < -0.3 is 4.74 Å². The first-order valence-corrected chi connectivity index (χ1v) is 7.17. The normalized spacial score (nSPS) is 20.2. The van der Waals surface area contributed by atoms with Crippen molar-refractivity contribution in [3.8, 4) is 0 Å². The zero-order valence-electron chi connectivity index (χ0n) is 11.9. The fraction of sp³-hybridized carbons (Fsp3) is 0.562. The second-order valence-electron chi connectivity index (χ2n) is 5.22. The molecule has 0 N–H and O–H groups in total. The van der Waals surface area contributed by atoms with Crippen LogP contribution in [0.3, 0.4) is 0 Å². The molecule has 19 heavy (non-hydrogen) atoms. The molecule has 1 aromatic rings. The van der Waals surface area contributed by atoms with Gasteiger partial charge in [-0.15, -0.1) is 0 Å². The summed E-state index contributed by atoms with van der Waals surface area (Å²) in [6, 6.07) is 8.44. The maximum absolute atomic E-state index is 12.0. The Labute approximate surface area is 115 Å². The quantitative estimate of drug-likeness (QED) is 0.780. The third kappa shape index (κ3) is 3.80. The highest BCUT2D eigenvalue weighted by Crippen LogP contribution is 2.21. The number of rotatable bonds is 4. The maximum Gasteiger partial charge on any atom is 0.323 e. The molecule has 104 valence electrons. The molecular weight excluding hydrogens is 238 g/mol. The van der Waals surface area contributed by atoms with E-state index >= 15 is 0 Å². The SMILES string of the molecule is CCOC(=O)[C@H]1CCCCN1Cc1cccc(C)c1. The van der Waals surface area contributed by atoms with Crippen molar-refractivity contribution in [2.24, 2.45) is 0 Å². The molecule has 1 aromatic carbocycles. The topological polar surface area (TPSA) is 29.5 Å². The van der Waals surface area contributed by atoms with E-state index in [1.165, 1.54) is 17.5 Å². The van der Waals surface area contributed by atoms with E-state index < -0.39 is 0 Å². The van der Waals surface area contributed by atoms with Crippen LogP contribution in [0.2, 0.25) is 0 Å². The summed E-state index contributed by atoms with van der Waals surface area (Å²) in [5, 5.41) is 0. The Hall–Kier alpha value is -1.35. The molecule has 0 spiro atoms. The molecule has 3 heteroatoms. The molecule has 3 nitrogen and oxygen atoms in total. The van der Waals surface area contributed by atoms with Gasteiger partial charge in [-0.05, 0) is 38.8 Å². The molecular formula is C16H23NO2. The van der Waals surface area contributed by atoms with Gasteiger partial charge in [0.15, 0.2) is 0 Å². The molecule has 1 aliphatic rings. The summed E-state index contributed by atoms with van der Waals surface area (Å²) in [7, 11) is 0. The summed E-state index contributed by atoms with van der Waals surface area (Å²) in [5.41, 5.74) is 2.54. The van der Waals surface area contributed by atoms with Crippen LogP contribution in [0.1, 0.15) is 37.3 Å². The van der Waals surface area contributed by atoms with Crippen molar-refractivity contribution in [2.75, 3.05) is 13.2 Å². The lowest BCUT2D eigenvalue weighted by molar-refractivity contribution is -0.151. The third-order valence-electron chi connectivity index (χ3n) is 3.64. The highest BCUT2D eigenvalue weighted by atomic mass is 16.5. The molecule has 1 saturated heterocycles. The monoisotopic (exact) mass is 261 g/mol. The minimum atomic E-state index is -0.0609. The Morgan fingerprint density at radius 2 is 2.26 bits per heavy atom. The van der Waals surface area contributed by atoms with Gasteiger partial charge in [-0.3, -0.25) is 9.69 Å². The highest BCUT2D eigenvalue weighted by molar-refractivity contribution is 5.75. The average Bonchev–Trinajstić information content (AvgIpc) is 2.39. The van der Waals surface area contributed by atoms with E-state index in [1.54, 1.807) is 0 Å². The number of likely N-dealkylation sites (tertiary alicyclic amines) is 1. The molecule has 0 saturated carbocycles. The predicted octanol–water partition coefficient (Wildman–Crippen LogP) is 2.91. The fourth-order valence-corrected chi connectivity index (χ4v) is 2.73. The van der Waals surface area contributed by atoms with Crippen molar-refractivity contribution in [2.45, 2.75) is 45.7 Å². The standard InChI is InChI=1S/C16H23NO2/c1-3-19-16(18)15-9-4-5-10-17(15)12-14-8-6-7-13(2)11-14/h6-8,11,15H,3-5,9-10,12H2,1-2H3/t15-/m1/s1. The number of carbonyl (C=O) groups excluding carboxylic acids is 1. The van der Waals surface area contributed by atoms with Crippen LogP contribution < -0.4 is 0 Å². The van der Waals surface area contributed by atoms with E-state index in [0.717, 1.165) is 25.9 Å². The van der Waals surface area contributed by atoms with Crippen LogP contribution in [0.25, 0.3) is 0 Å². The van der Waals surface area contributed by atoms with E-state index in [1.807, 2.05) is 6.92 Å². The first-order chi connectivity index (χ1) is 9.20. The Morgan fingerprint density at radius 1 is 1.42 bits per heavy atom. The number of esters is 1. The Balaban J connectivity index is 2.05. The van der Waals surface area contributed by atoms with Crippen molar-refractivity contribution in [1.29, 1.82) is 0 Å². The summed E-state index contributed by atoms with van der Waals surface area (Å²) in [5.74, 6) is -0.0603. The minimum Gasteiger partial charge on any atom is -0.465 e. The number of benzene rings is 1. The Kier molecular flexibility index (Phi) is 4.97. The van der Waals surface area contributed by atoms with Gasteiger partial charge in [-0.25, -0.2) is 0 Å². The van der Waals surface area contributed by atoms with Crippen molar-refractivity contribution >= 4 is 5.97 Å². The first-order valence-electron chi connectivity index (χ1n) is 7.17.